The Hall–Kier alpha value is -2.38. The van der Waals surface area contributed by atoms with E-state index >= 15 is 0 Å². The number of furan rings is 1. The summed E-state index contributed by atoms with van der Waals surface area (Å²) in [5, 5.41) is 16.8. The first-order valence-electron chi connectivity index (χ1n) is 9.87. The molecule has 152 valence electrons. The Kier molecular flexibility index (Phi) is 7.45. The Balaban J connectivity index is 1.46. The van der Waals surface area contributed by atoms with Crippen molar-refractivity contribution in [2.75, 3.05) is 26.2 Å². The predicted octanol–water partition coefficient (Wildman–Crippen LogP) is 2.67. The zero-order valence-corrected chi connectivity index (χ0v) is 16.3. The maximum absolute atomic E-state index is 13.0. The number of aliphatic hydroxyl groups excluding tert-OH is 1. The second kappa shape index (κ2) is 10.2. The highest BCUT2D eigenvalue weighted by Crippen LogP contribution is 2.15. The first kappa shape index (κ1) is 20.4. The van der Waals surface area contributed by atoms with Gasteiger partial charge in [0.25, 0.3) is 0 Å². The normalized spacial score (nSPS) is 17.5. The minimum Gasteiger partial charge on any atom is -0.467 e. The van der Waals surface area contributed by atoms with Gasteiger partial charge in [-0.1, -0.05) is 12.1 Å². The number of guanidine groups is 1. The van der Waals surface area contributed by atoms with Gasteiger partial charge in [-0.25, -0.2) is 4.39 Å². The molecule has 1 unspecified atom stereocenters. The van der Waals surface area contributed by atoms with E-state index in [0.29, 0.717) is 17.8 Å². The molecule has 0 radical (unpaired) electrons. The molecule has 2 heterocycles. The molecule has 1 aromatic heterocycles. The highest BCUT2D eigenvalue weighted by Gasteiger charge is 2.20. The van der Waals surface area contributed by atoms with Crippen LogP contribution in [0.25, 0.3) is 0 Å². The van der Waals surface area contributed by atoms with Crippen LogP contribution in [0.5, 0.6) is 0 Å². The van der Waals surface area contributed by atoms with Gasteiger partial charge in [-0.15, -0.1) is 0 Å². The number of nitrogens with zero attached hydrogens (tertiary/aromatic N) is 2. The summed E-state index contributed by atoms with van der Waals surface area (Å²) in [6, 6.07) is 10.6. The second-order valence-electron chi connectivity index (χ2n) is 7.07. The van der Waals surface area contributed by atoms with E-state index in [9.17, 15) is 9.50 Å². The number of piperidine rings is 1. The van der Waals surface area contributed by atoms with Gasteiger partial charge in [-0.05, 0) is 49.6 Å². The molecule has 0 aliphatic carbocycles. The summed E-state index contributed by atoms with van der Waals surface area (Å²) in [6.07, 6.45) is 2.81. The summed E-state index contributed by atoms with van der Waals surface area (Å²) in [7, 11) is 0. The van der Waals surface area contributed by atoms with Crippen LogP contribution >= 0.6 is 0 Å². The van der Waals surface area contributed by atoms with Crippen molar-refractivity contribution in [3.05, 3.63) is 59.8 Å². The lowest BCUT2D eigenvalue weighted by Crippen LogP contribution is -2.48. The third kappa shape index (κ3) is 6.07. The molecule has 2 aromatic rings. The standard InChI is InChI=1S/C21H29FN4O2/c1-2-23-21(24-14-19(27)20-4-3-13-28-20)25-18-9-11-26(12-10-18)15-16-5-7-17(22)8-6-16/h3-8,13,18-19,27H,2,9-12,14-15H2,1H3,(H2,23,24,25). The number of halogens is 1. The number of rotatable bonds is 7. The van der Waals surface area contributed by atoms with E-state index in [0.717, 1.165) is 44.6 Å². The SMILES string of the molecule is CCNC(=NCC(O)c1ccco1)NC1CCN(Cc2ccc(F)cc2)CC1. The van der Waals surface area contributed by atoms with E-state index in [1.807, 2.05) is 19.1 Å². The van der Waals surface area contributed by atoms with Crippen LogP contribution in [0.1, 0.15) is 37.2 Å². The molecule has 1 aliphatic heterocycles. The summed E-state index contributed by atoms with van der Waals surface area (Å²) in [5.41, 5.74) is 1.13. The molecule has 0 spiro atoms. The smallest absolute Gasteiger partial charge is 0.191 e. The lowest BCUT2D eigenvalue weighted by atomic mass is 10.0. The summed E-state index contributed by atoms with van der Waals surface area (Å²) in [4.78, 5) is 6.88. The van der Waals surface area contributed by atoms with Gasteiger partial charge in [-0.2, -0.15) is 0 Å². The molecule has 1 fully saturated rings. The number of hydrogen-bond donors (Lipinski definition) is 3. The van der Waals surface area contributed by atoms with Crippen LogP contribution in [0, 0.1) is 5.82 Å². The van der Waals surface area contributed by atoms with Crippen LogP contribution < -0.4 is 10.6 Å². The van der Waals surface area contributed by atoms with E-state index in [-0.39, 0.29) is 12.4 Å². The van der Waals surface area contributed by atoms with E-state index in [2.05, 4.69) is 20.5 Å². The topological polar surface area (TPSA) is 73.0 Å². The van der Waals surface area contributed by atoms with Crippen LogP contribution in [0.2, 0.25) is 0 Å². The fourth-order valence-electron chi connectivity index (χ4n) is 3.35. The lowest BCUT2D eigenvalue weighted by Gasteiger charge is -2.33. The molecule has 0 amide bonds. The third-order valence-corrected chi connectivity index (χ3v) is 4.89. The molecule has 28 heavy (non-hydrogen) atoms. The minimum atomic E-state index is -0.747. The van der Waals surface area contributed by atoms with Gasteiger partial charge in [0.1, 0.15) is 17.7 Å². The molecule has 7 heteroatoms. The quantitative estimate of drug-likeness (QED) is 0.502. The monoisotopic (exact) mass is 388 g/mol. The molecule has 1 saturated heterocycles. The van der Waals surface area contributed by atoms with Crippen LogP contribution in [0.3, 0.4) is 0 Å². The average Bonchev–Trinajstić information content (AvgIpc) is 3.24. The van der Waals surface area contributed by atoms with Crippen LogP contribution in [0.4, 0.5) is 4.39 Å². The van der Waals surface area contributed by atoms with Crippen molar-refractivity contribution < 1.29 is 13.9 Å². The van der Waals surface area contributed by atoms with Gasteiger partial charge >= 0.3 is 0 Å². The van der Waals surface area contributed by atoms with Crippen molar-refractivity contribution in [3.8, 4) is 0 Å². The van der Waals surface area contributed by atoms with Crippen molar-refractivity contribution in [3.63, 3.8) is 0 Å². The van der Waals surface area contributed by atoms with Gasteiger partial charge in [0, 0.05) is 32.2 Å². The fraction of sp³-hybridized carbons (Fsp3) is 0.476. The summed E-state index contributed by atoms with van der Waals surface area (Å²) in [5.74, 6) is 1.04. The van der Waals surface area contributed by atoms with E-state index in [1.54, 1.807) is 18.4 Å². The molecule has 3 N–H and O–H groups in total. The Morgan fingerprint density at radius 3 is 2.68 bits per heavy atom. The lowest BCUT2D eigenvalue weighted by molar-refractivity contribution is 0.158. The summed E-state index contributed by atoms with van der Waals surface area (Å²) >= 11 is 0. The van der Waals surface area contributed by atoms with Gasteiger partial charge in [0.2, 0.25) is 0 Å². The number of nitrogens with one attached hydrogen (secondary N) is 2. The molecule has 1 aromatic carbocycles. The molecule has 6 nitrogen and oxygen atoms in total. The average molecular weight is 388 g/mol. The van der Waals surface area contributed by atoms with Crippen LogP contribution in [-0.4, -0.2) is 48.2 Å². The number of likely N-dealkylation sites (tertiary alicyclic amines) is 1. The fourth-order valence-corrected chi connectivity index (χ4v) is 3.35. The Labute approximate surface area is 165 Å². The van der Waals surface area contributed by atoms with Crippen molar-refractivity contribution in [2.24, 2.45) is 4.99 Å². The maximum Gasteiger partial charge on any atom is 0.191 e. The van der Waals surface area contributed by atoms with Gasteiger partial charge in [0.15, 0.2) is 5.96 Å². The van der Waals surface area contributed by atoms with Gasteiger partial charge in [-0.3, -0.25) is 9.89 Å². The van der Waals surface area contributed by atoms with E-state index in [4.69, 9.17) is 4.42 Å². The van der Waals surface area contributed by atoms with Crippen molar-refractivity contribution in [2.45, 2.75) is 38.5 Å². The number of aliphatic hydroxyl groups is 1. The van der Waals surface area contributed by atoms with Gasteiger partial charge < -0.3 is 20.2 Å². The third-order valence-electron chi connectivity index (χ3n) is 4.89. The zero-order chi connectivity index (χ0) is 19.8. The molecular weight excluding hydrogens is 359 g/mol. The molecule has 1 atom stereocenters. The second-order valence-corrected chi connectivity index (χ2v) is 7.07. The molecule has 0 bridgehead atoms. The molecule has 1 aliphatic rings. The largest absolute Gasteiger partial charge is 0.467 e. The van der Waals surface area contributed by atoms with Crippen molar-refractivity contribution in [1.29, 1.82) is 0 Å². The van der Waals surface area contributed by atoms with Crippen LogP contribution in [-0.2, 0) is 6.54 Å². The van der Waals surface area contributed by atoms with Crippen LogP contribution in [0.15, 0.2) is 52.1 Å². The Morgan fingerprint density at radius 2 is 2.04 bits per heavy atom. The Morgan fingerprint density at radius 1 is 1.29 bits per heavy atom. The zero-order valence-electron chi connectivity index (χ0n) is 16.3. The highest BCUT2D eigenvalue weighted by atomic mass is 19.1. The first-order valence-corrected chi connectivity index (χ1v) is 9.87. The summed E-state index contributed by atoms with van der Waals surface area (Å²) in [6.45, 7) is 5.81. The van der Waals surface area contributed by atoms with Gasteiger partial charge in [0.05, 0.1) is 12.8 Å². The summed E-state index contributed by atoms with van der Waals surface area (Å²) < 4.78 is 18.3. The predicted molar refractivity (Wildman–Crippen MR) is 107 cm³/mol. The van der Waals surface area contributed by atoms with Crippen molar-refractivity contribution in [1.82, 2.24) is 15.5 Å². The minimum absolute atomic E-state index is 0.195. The molecule has 3 rings (SSSR count). The van der Waals surface area contributed by atoms with E-state index in [1.165, 1.54) is 12.1 Å². The number of aliphatic imine (C=N–C) groups is 1. The highest BCUT2D eigenvalue weighted by molar-refractivity contribution is 5.80. The Bertz CT molecular complexity index is 725. The number of hydrogen-bond acceptors (Lipinski definition) is 4. The van der Waals surface area contributed by atoms with Crippen molar-refractivity contribution >= 4 is 5.96 Å². The number of benzene rings is 1. The first-order chi connectivity index (χ1) is 13.6. The van der Waals surface area contributed by atoms with E-state index < -0.39 is 6.10 Å². The molecular formula is C21H29FN4O2. The maximum atomic E-state index is 13.0. The molecule has 0 saturated carbocycles.